The maximum absolute atomic E-state index is 11.1. The number of rotatable bonds is 4. The minimum Gasteiger partial charge on any atom is -0.494 e. The Hall–Kier alpha value is -3.19. The molecule has 1 unspecified atom stereocenters. The van der Waals surface area contributed by atoms with Crippen LogP contribution < -0.4 is 5.73 Å². The molecule has 6 nitrogen and oxygen atoms in total. The zero-order chi connectivity index (χ0) is 20.0. The van der Waals surface area contributed by atoms with Gasteiger partial charge in [0.15, 0.2) is 5.76 Å². The lowest BCUT2D eigenvalue weighted by Crippen LogP contribution is -2.14. The highest BCUT2D eigenvalue weighted by atomic mass is 79.9. The number of ether oxygens (including phenoxy) is 2. The first-order valence-corrected chi connectivity index (χ1v) is 9.98. The lowest BCUT2D eigenvalue weighted by molar-refractivity contribution is 0.0707. The van der Waals surface area contributed by atoms with E-state index >= 15 is 0 Å². The van der Waals surface area contributed by atoms with E-state index in [0.29, 0.717) is 28.8 Å². The second kappa shape index (κ2) is 7.00. The van der Waals surface area contributed by atoms with E-state index in [1.165, 1.54) is 0 Å². The predicted molar refractivity (Wildman–Crippen MR) is 115 cm³/mol. The molecule has 0 radical (unpaired) electrons. The normalized spacial score (nSPS) is 14.6. The Balaban J connectivity index is 1.70. The predicted octanol–water partition coefficient (Wildman–Crippen LogP) is 4.87. The molecule has 0 bridgehead atoms. The molecule has 0 spiro atoms. The third kappa shape index (κ3) is 2.98. The van der Waals surface area contributed by atoms with Crippen LogP contribution in [-0.2, 0) is 15.9 Å². The van der Waals surface area contributed by atoms with Gasteiger partial charge >= 0.3 is 0 Å². The quantitative estimate of drug-likeness (QED) is 0.462. The molecule has 7 heteroatoms. The van der Waals surface area contributed by atoms with Crippen LogP contribution in [-0.4, -0.2) is 21.5 Å². The minimum absolute atomic E-state index is 0.0595. The van der Waals surface area contributed by atoms with E-state index in [2.05, 4.69) is 15.9 Å². The summed E-state index contributed by atoms with van der Waals surface area (Å²) in [5, 5.41) is 12.4. The van der Waals surface area contributed by atoms with Gasteiger partial charge in [0.1, 0.15) is 12.3 Å². The minimum atomic E-state index is -0.292. The van der Waals surface area contributed by atoms with Crippen molar-refractivity contribution in [3.63, 3.8) is 0 Å². The van der Waals surface area contributed by atoms with E-state index in [1.807, 2.05) is 54.7 Å². The summed E-state index contributed by atoms with van der Waals surface area (Å²) < 4.78 is 13.6. The zero-order valence-electron chi connectivity index (χ0n) is 15.4. The Bertz CT molecular complexity index is 1250. The Labute approximate surface area is 175 Å². The number of allylic oxidation sites excluding steroid dienone is 1. The molecule has 2 aromatic heterocycles. The number of hydrogen-bond donors (Lipinski definition) is 2. The molecule has 146 valence electrons. The molecule has 3 heterocycles. The van der Waals surface area contributed by atoms with Crippen molar-refractivity contribution >= 4 is 43.4 Å². The number of benzene rings is 2. The zero-order valence-corrected chi connectivity index (χ0v) is 17.0. The Morgan fingerprint density at radius 2 is 2.00 bits per heavy atom. The molecule has 0 saturated heterocycles. The number of para-hydroxylation sites is 1. The van der Waals surface area contributed by atoms with Gasteiger partial charge in [-0.1, -0.05) is 42.5 Å². The molecule has 4 aromatic rings. The van der Waals surface area contributed by atoms with E-state index in [9.17, 15) is 5.11 Å². The van der Waals surface area contributed by atoms with Crippen LogP contribution in [0.25, 0.3) is 21.8 Å². The summed E-state index contributed by atoms with van der Waals surface area (Å²) >= 11 is 3.54. The fraction of sp³-hybridized carbons (Fsp3) is 0.136. The Kier molecular flexibility index (Phi) is 4.32. The van der Waals surface area contributed by atoms with Crippen LogP contribution in [0.4, 0.5) is 5.69 Å². The van der Waals surface area contributed by atoms with Gasteiger partial charge in [0.25, 0.3) is 0 Å². The molecule has 0 amide bonds. The molecule has 29 heavy (non-hydrogen) atoms. The monoisotopic (exact) mass is 451 g/mol. The fourth-order valence-electron chi connectivity index (χ4n) is 3.78. The van der Waals surface area contributed by atoms with Crippen molar-refractivity contribution in [1.29, 1.82) is 0 Å². The second-order valence-corrected chi connectivity index (χ2v) is 7.79. The lowest BCUT2D eigenvalue weighted by Gasteiger charge is -2.19. The number of aromatic nitrogens is 2. The van der Waals surface area contributed by atoms with Gasteiger partial charge in [-0.2, -0.15) is 0 Å². The molecule has 1 atom stereocenters. The van der Waals surface area contributed by atoms with E-state index in [1.54, 1.807) is 10.8 Å². The van der Waals surface area contributed by atoms with E-state index in [0.717, 1.165) is 20.9 Å². The standard InChI is InChI=1S/C22H18BrN3O3/c23-15-8-4-7-14-20(24)19-16(25-21(14)15)10-26(22(19)27)17(18-11-28-12-29-18)9-13-5-2-1-3-6-13/h1-8,10-11,17,27H,9,12,24H2. The number of pyridine rings is 1. The topological polar surface area (TPSA) is 82.5 Å². The van der Waals surface area contributed by atoms with Crippen molar-refractivity contribution in [2.75, 3.05) is 12.5 Å². The van der Waals surface area contributed by atoms with Crippen molar-refractivity contribution < 1.29 is 14.6 Å². The van der Waals surface area contributed by atoms with Crippen LogP contribution in [0.3, 0.4) is 0 Å². The maximum Gasteiger partial charge on any atom is 0.229 e. The van der Waals surface area contributed by atoms with Gasteiger partial charge in [0.2, 0.25) is 12.7 Å². The summed E-state index contributed by atoms with van der Waals surface area (Å²) in [6.45, 7) is 0.166. The van der Waals surface area contributed by atoms with Crippen molar-refractivity contribution in [3.8, 4) is 5.88 Å². The highest BCUT2D eigenvalue weighted by molar-refractivity contribution is 9.10. The number of hydrogen-bond acceptors (Lipinski definition) is 5. The number of nitrogens with zero attached hydrogens (tertiary/aromatic N) is 2. The van der Waals surface area contributed by atoms with Crippen LogP contribution in [0.5, 0.6) is 5.88 Å². The summed E-state index contributed by atoms with van der Waals surface area (Å²) in [5.41, 5.74) is 9.43. The first kappa shape index (κ1) is 17.9. The molecule has 0 aliphatic carbocycles. The molecule has 2 aromatic carbocycles. The Morgan fingerprint density at radius 1 is 1.17 bits per heavy atom. The van der Waals surface area contributed by atoms with Gasteiger partial charge in [-0.15, -0.1) is 0 Å². The molecule has 3 N–H and O–H groups in total. The second-order valence-electron chi connectivity index (χ2n) is 6.94. The summed E-state index contributed by atoms with van der Waals surface area (Å²) in [4.78, 5) is 4.74. The first-order chi connectivity index (χ1) is 14.1. The summed E-state index contributed by atoms with van der Waals surface area (Å²) in [6, 6.07) is 15.5. The first-order valence-electron chi connectivity index (χ1n) is 9.19. The number of aromatic hydroxyl groups is 1. The average molecular weight is 452 g/mol. The van der Waals surface area contributed by atoms with Crippen molar-refractivity contribution in [1.82, 2.24) is 9.55 Å². The Morgan fingerprint density at radius 3 is 2.76 bits per heavy atom. The smallest absolute Gasteiger partial charge is 0.229 e. The van der Waals surface area contributed by atoms with E-state index in [-0.39, 0.29) is 18.7 Å². The number of nitrogen functional groups attached to an aromatic ring is 1. The van der Waals surface area contributed by atoms with E-state index in [4.69, 9.17) is 20.2 Å². The average Bonchev–Trinajstić information content (AvgIpc) is 3.37. The highest BCUT2D eigenvalue weighted by Crippen LogP contribution is 2.41. The number of halogens is 1. The van der Waals surface area contributed by atoms with Crippen LogP contribution in [0.1, 0.15) is 11.6 Å². The summed E-state index contributed by atoms with van der Waals surface area (Å²) in [6.07, 6.45) is 4.03. The van der Waals surface area contributed by atoms with Gasteiger partial charge < -0.3 is 24.9 Å². The van der Waals surface area contributed by atoms with Crippen LogP contribution in [0.2, 0.25) is 0 Å². The van der Waals surface area contributed by atoms with Crippen LogP contribution >= 0.6 is 15.9 Å². The lowest BCUT2D eigenvalue weighted by atomic mass is 10.0. The molecule has 0 saturated carbocycles. The summed E-state index contributed by atoms with van der Waals surface area (Å²) in [7, 11) is 0. The molecule has 1 aliphatic rings. The SMILES string of the molecule is Nc1c2cccc(Br)c2nc2cn(C(Cc3ccccc3)C3=COCO3)c(O)c12. The van der Waals surface area contributed by atoms with Crippen molar-refractivity contribution in [2.45, 2.75) is 12.5 Å². The van der Waals surface area contributed by atoms with Crippen LogP contribution in [0.15, 0.2) is 71.2 Å². The van der Waals surface area contributed by atoms with E-state index < -0.39 is 0 Å². The third-order valence-electron chi connectivity index (χ3n) is 5.19. The van der Waals surface area contributed by atoms with Gasteiger partial charge in [-0.3, -0.25) is 0 Å². The summed E-state index contributed by atoms with van der Waals surface area (Å²) in [5.74, 6) is 0.706. The molecular formula is C22H18BrN3O3. The van der Waals surface area contributed by atoms with Crippen LogP contribution in [0, 0.1) is 0 Å². The largest absolute Gasteiger partial charge is 0.494 e. The molecular weight excluding hydrogens is 434 g/mol. The van der Waals surface area contributed by atoms with Crippen molar-refractivity contribution in [3.05, 3.63) is 76.8 Å². The molecule has 5 rings (SSSR count). The molecule has 0 fully saturated rings. The third-order valence-corrected chi connectivity index (χ3v) is 5.83. The number of anilines is 1. The highest BCUT2D eigenvalue weighted by Gasteiger charge is 2.27. The number of fused-ring (bicyclic) bond motifs is 2. The molecule has 1 aliphatic heterocycles. The fourth-order valence-corrected chi connectivity index (χ4v) is 4.24. The van der Waals surface area contributed by atoms with Crippen molar-refractivity contribution in [2.24, 2.45) is 0 Å². The van der Waals surface area contributed by atoms with Gasteiger partial charge in [0.05, 0.1) is 22.1 Å². The van der Waals surface area contributed by atoms with Gasteiger partial charge in [-0.05, 0) is 27.6 Å². The maximum atomic E-state index is 11.1. The number of nitrogens with two attached hydrogens (primary N) is 1. The van der Waals surface area contributed by atoms with Gasteiger partial charge in [-0.25, -0.2) is 4.98 Å². The van der Waals surface area contributed by atoms with Gasteiger partial charge in [0, 0.05) is 22.5 Å².